The number of halogens is 2. The lowest BCUT2D eigenvalue weighted by atomic mass is 10.0. The second-order valence-corrected chi connectivity index (χ2v) is 7.06. The Bertz CT molecular complexity index is 1080. The monoisotopic (exact) mass is 349 g/mol. The number of hydrogen-bond donors (Lipinski definition) is 1. The molecule has 1 N–H and O–H groups in total. The molecule has 0 aliphatic carbocycles. The molecular weight excluding hydrogens is 340 g/mol. The Kier molecular flexibility index (Phi) is 3.07. The van der Waals surface area contributed by atoms with E-state index in [2.05, 4.69) is 15.0 Å². The van der Waals surface area contributed by atoms with Gasteiger partial charge in [-0.15, -0.1) is 22.7 Å². The summed E-state index contributed by atoms with van der Waals surface area (Å²) in [6.45, 7) is 0.844. The summed E-state index contributed by atoms with van der Waals surface area (Å²) < 4.78 is 28.7. The van der Waals surface area contributed by atoms with Crippen molar-refractivity contribution in [2.45, 2.75) is 12.8 Å². The first-order chi connectivity index (χ1) is 10.9. The summed E-state index contributed by atoms with van der Waals surface area (Å²) in [6, 6.07) is 5.06. The normalized spacial score (nSPS) is 12.3. The molecule has 0 saturated heterocycles. The van der Waals surface area contributed by atoms with E-state index in [1.807, 2.05) is 17.5 Å². The highest BCUT2D eigenvalue weighted by atomic mass is 32.1. The number of aromatic nitrogens is 3. The van der Waals surface area contributed by atoms with Gasteiger partial charge in [-0.3, -0.25) is 4.79 Å². The summed E-state index contributed by atoms with van der Waals surface area (Å²) in [5.74, 6) is -3.06. The van der Waals surface area contributed by atoms with Crippen LogP contribution in [0.5, 0.6) is 0 Å². The number of hydrogen-bond acceptors (Lipinski definition) is 5. The maximum absolute atomic E-state index is 14.2. The minimum atomic E-state index is -3.06. The summed E-state index contributed by atoms with van der Waals surface area (Å²) >= 11 is 2.51. The number of H-pyrrole nitrogens is 1. The molecule has 0 spiro atoms. The Balaban J connectivity index is 2.18. The van der Waals surface area contributed by atoms with Crippen LogP contribution in [0.3, 0.4) is 0 Å². The van der Waals surface area contributed by atoms with Crippen LogP contribution in [-0.4, -0.2) is 15.0 Å². The summed E-state index contributed by atoms with van der Waals surface area (Å²) in [5.41, 5.74) is 0.249. The lowest BCUT2D eigenvalue weighted by molar-refractivity contribution is 0.0191. The van der Waals surface area contributed by atoms with Gasteiger partial charge >= 0.3 is 0 Å². The first-order valence-electron chi connectivity index (χ1n) is 6.68. The third-order valence-electron chi connectivity index (χ3n) is 3.48. The number of fused-ring (bicyclic) bond motifs is 3. The molecule has 0 saturated carbocycles. The van der Waals surface area contributed by atoms with Crippen molar-refractivity contribution in [2.75, 3.05) is 0 Å². The fourth-order valence-corrected chi connectivity index (χ4v) is 4.21. The first kappa shape index (κ1) is 14.4. The number of nitrogens with one attached hydrogen (secondary N) is 1. The second-order valence-electron chi connectivity index (χ2n) is 5.11. The Hall–Kier alpha value is -2.19. The largest absolute Gasteiger partial charge is 0.312 e. The van der Waals surface area contributed by atoms with Crippen molar-refractivity contribution in [2.24, 2.45) is 0 Å². The predicted molar refractivity (Wildman–Crippen MR) is 88.4 cm³/mol. The van der Waals surface area contributed by atoms with E-state index in [1.165, 1.54) is 23.7 Å². The number of aromatic amines is 1. The third kappa shape index (κ3) is 2.25. The molecule has 116 valence electrons. The van der Waals surface area contributed by atoms with E-state index in [1.54, 1.807) is 0 Å². The molecule has 4 aromatic heterocycles. The van der Waals surface area contributed by atoms with Crippen molar-refractivity contribution in [3.05, 3.63) is 45.8 Å². The number of pyridine rings is 1. The van der Waals surface area contributed by atoms with Gasteiger partial charge in [0.05, 0.1) is 22.4 Å². The van der Waals surface area contributed by atoms with E-state index in [-0.39, 0.29) is 22.0 Å². The molecule has 0 fully saturated rings. The van der Waals surface area contributed by atoms with Gasteiger partial charge in [-0.1, -0.05) is 6.07 Å². The van der Waals surface area contributed by atoms with Crippen LogP contribution in [-0.2, 0) is 5.92 Å². The Labute approximate surface area is 136 Å². The Morgan fingerprint density at radius 1 is 1.35 bits per heavy atom. The third-order valence-corrected chi connectivity index (χ3v) is 5.44. The van der Waals surface area contributed by atoms with Gasteiger partial charge < -0.3 is 4.98 Å². The van der Waals surface area contributed by atoms with E-state index >= 15 is 0 Å². The van der Waals surface area contributed by atoms with Gasteiger partial charge in [0.2, 0.25) is 0 Å². The zero-order chi connectivity index (χ0) is 16.2. The highest BCUT2D eigenvalue weighted by molar-refractivity contribution is 7.25. The minimum Gasteiger partial charge on any atom is -0.312 e. The molecule has 0 atom stereocenters. The second kappa shape index (κ2) is 4.90. The van der Waals surface area contributed by atoms with E-state index in [9.17, 15) is 13.6 Å². The number of thiophene rings is 2. The fourth-order valence-electron chi connectivity index (χ4n) is 2.48. The molecule has 0 amide bonds. The number of rotatable bonds is 2. The van der Waals surface area contributed by atoms with Crippen LogP contribution in [0, 0.1) is 0 Å². The molecule has 0 unspecified atom stereocenters. The van der Waals surface area contributed by atoms with Crippen molar-refractivity contribution in [1.29, 1.82) is 0 Å². The maximum atomic E-state index is 14.2. The van der Waals surface area contributed by atoms with E-state index in [0.29, 0.717) is 15.2 Å². The summed E-state index contributed by atoms with van der Waals surface area (Å²) in [4.78, 5) is 24.1. The van der Waals surface area contributed by atoms with Crippen LogP contribution in [0.15, 0.2) is 34.7 Å². The maximum Gasteiger partial charge on any atom is 0.271 e. The van der Waals surface area contributed by atoms with Gasteiger partial charge in [0.15, 0.2) is 0 Å². The Morgan fingerprint density at radius 3 is 2.87 bits per heavy atom. The highest BCUT2D eigenvalue weighted by Crippen LogP contribution is 2.41. The van der Waals surface area contributed by atoms with Crippen LogP contribution in [0.4, 0.5) is 8.78 Å². The molecular formula is C15H9F2N3OS2. The van der Waals surface area contributed by atoms with Crippen molar-refractivity contribution >= 4 is 43.1 Å². The first-order valence-corrected chi connectivity index (χ1v) is 8.38. The smallest absolute Gasteiger partial charge is 0.271 e. The molecule has 0 radical (unpaired) electrons. The molecule has 4 nitrogen and oxygen atoms in total. The molecule has 4 rings (SSSR count). The molecule has 0 aromatic carbocycles. The van der Waals surface area contributed by atoms with Gasteiger partial charge in [-0.2, -0.15) is 0 Å². The standard InChI is InChI=1S/C15H9F2N3OS2/c1-15(16,17)7-5-8(9-3-2-4-22-9)20-14-10(7)11-12(23-14)13(21)19-6-18-11/h2-6H,1H3,(H,18,19,21). The van der Waals surface area contributed by atoms with Crippen LogP contribution < -0.4 is 5.56 Å². The summed E-state index contributed by atoms with van der Waals surface area (Å²) in [6.07, 6.45) is 1.22. The van der Waals surface area contributed by atoms with Crippen LogP contribution in [0.2, 0.25) is 0 Å². The van der Waals surface area contributed by atoms with Gasteiger partial charge in [-0.05, 0) is 17.5 Å². The lowest BCUT2D eigenvalue weighted by Crippen LogP contribution is -2.09. The molecule has 4 heterocycles. The van der Waals surface area contributed by atoms with Crippen molar-refractivity contribution < 1.29 is 8.78 Å². The van der Waals surface area contributed by atoms with E-state index in [0.717, 1.165) is 23.1 Å². The quantitative estimate of drug-likeness (QED) is 0.584. The summed E-state index contributed by atoms with van der Waals surface area (Å²) in [5, 5.41) is 2.12. The average molecular weight is 349 g/mol. The zero-order valence-electron chi connectivity index (χ0n) is 11.8. The van der Waals surface area contributed by atoms with Crippen LogP contribution in [0.1, 0.15) is 12.5 Å². The SMILES string of the molecule is CC(F)(F)c1cc(-c2cccs2)nc2sc3c(=O)[nH]cnc3c12. The van der Waals surface area contributed by atoms with Gasteiger partial charge in [0.25, 0.3) is 11.5 Å². The predicted octanol–water partition coefficient (Wildman–Crippen LogP) is 4.37. The zero-order valence-corrected chi connectivity index (χ0v) is 13.4. The van der Waals surface area contributed by atoms with Crippen molar-refractivity contribution in [3.8, 4) is 10.6 Å². The van der Waals surface area contributed by atoms with Crippen molar-refractivity contribution in [3.63, 3.8) is 0 Å². The summed E-state index contributed by atoms with van der Waals surface area (Å²) in [7, 11) is 0. The average Bonchev–Trinajstić information content (AvgIpc) is 3.13. The van der Waals surface area contributed by atoms with E-state index < -0.39 is 5.92 Å². The molecule has 8 heteroatoms. The molecule has 0 aliphatic heterocycles. The molecule has 23 heavy (non-hydrogen) atoms. The fraction of sp³-hybridized carbons (Fsp3) is 0.133. The number of nitrogens with zero attached hydrogens (tertiary/aromatic N) is 2. The van der Waals surface area contributed by atoms with Gasteiger partial charge in [-0.25, -0.2) is 18.7 Å². The topological polar surface area (TPSA) is 58.6 Å². The number of alkyl halides is 2. The molecule has 0 aliphatic rings. The van der Waals surface area contributed by atoms with Crippen molar-refractivity contribution in [1.82, 2.24) is 15.0 Å². The van der Waals surface area contributed by atoms with Gasteiger partial charge in [0, 0.05) is 17.9 Å². The molecule has 4 aromatic rings. The molecule has 0 bridgehead atoms. The van der Waals surface area contributed by atoms with Gasteiger partial charge in [0.1, 0.15) is 9.53 Å². The van der Waals surface area contributed by atoms with Crippen LogP contribution >= 0.6 is 22.7 Å². The van der Waals surface area contributed by atoms with Crippen LogP contribution in [0.25, 0.3) is 31.0 Å². The van der Waals surface area contributed by atoms with E-state index in [4.69, 9.17) is 0 Å². The highest BCUT2D eigenvalue weighted by Gasteiger charge is 2.30. The minimum absolute atomic E-state index is 0.157. The lowest BCUT2D eigenvalue weighted by Gasteiger charge is -2.13. The Morgan fingerprint density at radius 2 is 2.17 bits per heavy atom.